The molecule has 0 N–H and O–H groups in total. The van der Waals surface area contributed by atoms with E-state index in [0.29, 0.717) is 12.3 Å². The SMILES string of the molecule is CC1=C(C2CC2C=O)CCC1=O. The largest absolute Gasteiger partial charge is 0.303 e. The zero-order valence-electron chi connectivity index (χ0n) is 7.17. The van der Waals surface area contributed by atoms with Crippen LogP contribution >= 0.6 is 0 Å². The summed E-state index contributed by atoms with van der Waals surface area (Å²) in [5.74, 6) is 0.927. The molecule has 0 aliphatic heterocycles. The fraction of sp³-hybridized carbons (Fsp3) is 0.600. The molecule has 0 heterocycles. The Kier molecular flexibility index (Phi) is 1.63. The maximum atomic E-state index is 11.2. The van der Waals surface area contributed by atoms with Crippen molar-refractivity contribution in [3.05, 3.63) is 11.1 Å². The predicted molar refractivity (Wildman–Crippen MR) is 44.6 cm³/mol. The van der Waals surface area contributed by atoms with Crippen molar-refractivity contribution in [2.24, 2.45) is 11.8 Å². The van der Waals surface area contributed by atoms with E-state index >= 15 is 0 Å². The third-order valence-electron chi connectivity index (χ3n) is 2.98. The second-order valence-electron chi connectivity index (χ2n) is 3.72. The van der Waals surface area contributed by atoms with Gasteiger partial charge < -0.3 is 4.79 Å². The minimum Gasteiger partial charge on any atom is -0.303 e. The van der Waals surface area contributed by atoms with Crippen molar-refractivity contribution in [2.45, 2.75) is 26.2 Å². The smallest absolute Gasteiger partial charge is 0.158 e. The van der Waals surface area contributed by atoms with Crippen LogP contribution in [0, 0.1) is 11.8 Å². The lowest BCUT2D eigenvalue weighted by atomic mass is 10.1. The number of rotatable bonds is 2. The molecule has 0 aromatic rings. The first-order valence-electron chi connectivity index (χ1n) is 4.42. The minimum atomic E-state index is 0.223. The predicted octanol–water partition coefficient (Wildman–Crippen LogP) is 1.50. The Morgan fingerprint density at radius 1 is 1.42 bits per heavy atom. The molecule has 2 aliphatic rings. The van der Waals surface area contributed by atoms with Crippen molar-refractivity contribution in [1.29, 1.82) is 0 Å². The highest BCUT2D eigenvalue weighted by Crippen LogP contribution is 2.47. The van der Waals surface area contributed by atoms with Gasteiger partial charge in [-0.25, -0.2) is 0 Å². The van der Waals surface area contributed by atoms with Gasteiger partial charge in [0.15, 0.2) is 5.78 Å². The Hall–Kier alpha value is -0.920. The summed E-state index contributed by atoms with van der Waals surface area (Å²) in [6, 6.07) is 0. The summed E-state index contributed by atoms with van der Waals surface area (Å²) in [6.07, 6.45) is 3.57. The molecule has 2 nitrogen and oxygen atoms in total. The van der Waals surface area contributed by atoms with Crippen molar-refractivity contribution < 1.29 is 9.59 Å². The number of carbonyl (C=O) groups excluding carboxylic acids is 2. The Morgan fingerprint density at radius 3 is 2.58 bits per heavy atom. The Bertz CT molecular complexity index is 276. The third kappa shape index (κ3) is 1.02. The maximum absolute atomic E-state index is 11.2. The van der Waals surface area contributed by atoms with Crippen LogP contribution in [0.5, 0.6) is 0 Å². The molecule has 2 heteroatoms. The second kappa shape index (κ2) is 2.54. The lowest BCUT2D eigenvalue weighted by molar-refractivity contribution is -0.115. The van der Waals surface area contributed by atoms with E-state index in [2.05, 4.69) is 0 Å². The van der Waals surface area contributed by atoms with E-state index in [-0.39, 0.29) is 11.7 Å². The fourth-order valence-electron chi connectivity index (χ4n) is 2.03. The first kappa shape index (κ1) is 7.71. The van der Waals surface area contributed by atoms with Crippen molar-refractivity contribution >= 4 is 12.1 Å². The molecule has 64 valence electrons. The van der Waals surface area contributed by atoms with Gasteiger partial charge in [0.25, 0.3) is 0 Å². The van der Waals surface area contributed by atoms with Crippen molar-refractivity contribution in [1.82, 2.24) is 0 Å². The molecule has 1 fully saturated rings. The molecule has 12 heavy (non-hydrogen) atoms. The van der Waals surface area contributed by atoms with Crippen molar-refractivity contribution in [3.63, 3.8) is 0 Å². The number of allylic oxidation sites excluding steroid dienone is 2. The van der Waals surface area contributed by atoms with Gasteiger partial charge in [-0.2, -0.15) is 0 Å². The minimum absolute atomic E-state index is 0.223. The molecule has 0 radical (unpaired) electrons. The van der Waals surface area contributed by atoms with E-state index in [1.165, 1.54) is 5.57 Å². The summed E-state index contributed by atoms with van der Waals surface area (Å²) in [6.45, 7) is 1.89. The fourth-order valence-corrected chi connectivity index (χ4v) is 2.03. The molecule has 0 saturated heterocycles. The number of hydrogen-bond donors (Lipinski definition) is 0. The van der Waals surface area contributed by atoms with Crippen LogP contribution in [0.15, 0.2) is 11.1 Å². The second-order valence-corrected chi connectivity index (χ2v) is 3.72. The lowest BCUT2D eigenvalue weighted by Gasteiger charge is -1.97. The van der Waals surface area contributed by atoms with E-state index in [9.17, 15) is 9.59 Å². The van der Waals surface area contributed by atoms with Gasteiger partial charge in [0.05, 0.1) is 0 Å². The highest BCUT2D eigenvalue weighted by atomic mass is 16.1. The van der Waals surface area contributed by atoms with Gasteiger partial charge in [0, 0.05) is 12.3 Å². The summed E-state index contributed by atoms with van der Waals surface area (Å²) in [5, 5.41) is 0. The van der Waals surface area contributed by atoms with E-state index < -0.39 is 0 Å². The standard InChI is InChI=1S/C10H12O2/c1-6-8(2-3-10(6)12)9-4-7(9)5-11/h5,7,9H,2-4H2,1H3. The normalized spacial score (nSPS) is 34.2. The third-order valence-corrected chi connectivity index (χ3v) is 2.98. The Balaban J connectivity index is 2.15. The highest BCUT2D eigenvalue weighted by Gasteiger charge is 2.42. The van der Waals surface area contributed by atoms with Crippen LogP contribution in [0.1, 0.15) is 26.2 Å². The molecule has 0 spiro atoms. The summed E-state index contributed by atoms with van der Waals surface area (Å²) >= 11 is 0. The molecule has 0 aromatic heterocycles. The Labute approximate surface area is 71.6 Å². The number of aldehydes is 1. The topological polar surface area (TPSA) is 34.1 Å². The average Bonchev–Trinajstić information content (AvgIpc) is 2.77. The van der Waals surface area contributed by atoms with Crippen LogP contribution in [-0.4, -0.2) is 12.1 Å². The van der Waals surface area contributed by atoms with Crippen LogP contribution in [0.2, 0.25) is 0 Å². The number of carbonyl (C=O) groups is 2. The molecular formula is C10H12O2. The van der Waals surface area contributed by atoms with Gasteiger partial charge >= 0.3 is 0 Å². The molecule has 2 aliphatic carbocycles. The molecule has 2 rings (SSSR count). The van der Waals surface area contributed by atoms with Gasteiger partial charge in [0.1, 0.15) is 6.29 Å². The zero-order chi connectivity index (χ0) is 8.72. The molecule has 0 aromatic carbocycles. The Morgan fingerprint density at radius 2 is 2.17 bits per heavy atom. The van der Waals surface area contributed by atoms with Gasteiger partial charge in [-0.1, -0.05) is 5.57 Å². The number of hydrogen-bond acceptors (Lipinski definition) is 2. The van der Waals surface area contributed by atoms with Gasteiger partial charge in [-0.15, -0.1) is 0 Å². The molecule has 0 bridgehead atoms. The molecule has 1 saturated carbocycles. The van der Waals surface area contributed by atoms with Crippen LogP contribution in [0.4, 0.5) is 0 Å². The summed E-state index contributed by atoms with van der Waals surface area (Å²) < 4.78 is 0. The van der Waals surface area contributed by atoms with E-state index in [1.807, 2.05) is 6.92 Å². The highest BCUT2D eigenvalue weighted by molar-refractivity contribution is 5.98. The first-order valence-corrected chi connectivity index (χ1v) is 4.42. The van der Waals surface area contributed by atoms with Gasteiger partial charge in [-0.3, -0.25) is 4.79 Å². The first-order chi connectivity index (χ1) is 5.74. The number of Topliss-reactive ketones (excluding diaryl/α,β-unsaturated/α-hetero) is 1. The summed E-state index contributed by atoms with van der Waals surface area (Å²) in [5.41, 5.74) is 2.20. The van der Waals surface area contributed by atoms with E-state index in [1.54, 1.807) is 0 Å². The van der Waals surface area contributed by atoms with E-state index in [0.717, 1.165) is 24.7 Å². The van der Waals surface area contributed by atoms with Crippen LogP contribution < -0.4 is 0 Å². The lowest BCUT2D eigenvalue weighted by Crippen LogP contribution is -1.92. The molecule has 2 atom stereocenters. The van der Waals surface area contributed by atoms with Crippen molar-refractivity contribution in [2.75, 3.05) is 0 Å². The molecular weight excluding hydrogens is 152 g/mol. The van der Waals surface area contributed by atoms with Gasteiger partial charge in [-0.05, 0) is 31.3 Å². The number of ketones is 1. The summed E-state index contributed by atoms with van der Waals surface area (Å²) in [7, 11) is 0. The zero-order valence-corrected chi connectivity index (χ0v) is 7.17. The van der Waals surface area contributed by atoms with Crippen molar-refractivity contribution in [3.8, 4) is 0 Å². The van der Waals surface area contributed by atoms with Gasteiger partial charge in [0.2, 0.25) is 0 Å². The molecule has 2 unspecified atom stereocenters. The van der Waals surface area contributed by atoms with Crippen LogP contribution in [0.3, 0.4) is 0 Å². The average molecular weight is 164 g/mol. The summed E-state index contributed by atoms with van der Waals surface area (Å²) in [4.78, 5) is 21.6. The monoisotopic (exact) mass is 164 g/mol. The quantitative estimate of drug-likeness (QED) is 0.579. The van der Waals surface area contributed by atoms with Crippen LogP contribution in [0.25, 0.3) is 0 Å². The van der Waals surface area contributed by atoms with Crippen LogP contribution in [-0.2, 0) is 9.59 Å². The molecule has 0 amide bonds. The maximum Gasteiger partial charge on any atom is 0.158 e. The van der Waals surface area contributed by atoms with E-state index in [4.69, 9.17) is 0 Å².